The Morgan fingerprint density at radius 2 is 1.73 bits per heavy atom. The molecule has 0 heterocycles. The highest BCUT2D eigenvalue weighted by Gasteiger charge is 2.65. The molecular weight excluding hydrogens is 341 g/mol. The Hall–Kier alpha value is -0.440. The van der Waals surface area contributed by atoms with E-state index in [9.17, 15) is 4.79 Å². The number of rotatable bonds is 2. The first-order valence-corrected chi connectivity index (χ1v) is 9.06. The van der Waals surface area contributed by atoms with Crippen LogP contribution in [0.4, 0.5) is 5.69 Å². The third-order valence-corrected chi connectivity index (χ3v) is 7.07. The lowest BCUT2D eigenvalue weighted by Gasteiger charge is -2.05. The fraction of sp³-hybridized carbons (Fsp3) is 0.588. The highest BCUT2D eigenvalue weighted by Crippen LogP contribution is 2.67. The van der Waals surface area contributed by atoms with Crippen molar-refractivity contribution in [2.45, 2.75) is 30.0 Å². The lowest BCUT2D eigenvalue weighted by atomic mass is 10.0. The van der Waals surface area contributed by atoms with Gasteiger partial charge in [-0.1, -0.05) is 17.7 Å². The zero-order valence-electron chi connectivity index (χ0n) is 12.1. The number of hydrogen-bond donors (Lipinski definition) is 1. The molecule has 118 valence electrons. The van der Waals surface area contributed by atoms with Crippen molar-refractivity contribution in [2.24, 2.45) is 29.6 Å². The lowest BCUT2D eigenvalue weighted by molar-refractivity contribution is -0.117. The molecule has 5 atom stereocenters. The van der Waals surface area contributed by atoms with Crippen LogP contribution in [0, 0.1) is 29.6 Å². The van der Waals surface area contributed by atoms with Crippen molar-refractivity contribution < 1.29 is 4.79 Å². The van der Waals surface area contributed by atoms with Gasteiger partial charge in [0.2, 0.25) is 5.91 Å². The van der Waals surface area contributed by atoms with E-state index in [2.05, 4.69) is 5.32 Å². The van der Waals surface area contributed by atoms with Gasteiger partial charge in [-0.2, -0.15) is 0 Å². The van der Waals surface area contributed by atoms with Gasteiger partial charge in [-0.05, 0) is 67.6 Å². The third-order valence-electron chi connectivity index (χ3n) is 5.71. The normalized spacial score (nSPS) is 38.0. The molecule has 1 amide bonds. The standard InChI is InChI=1S/C17H18Cl3NO/c18-9-2-1-3-10(8-9)21-16(22)15-11-4-6-13-14(17(13,19)20)7-5-12(11)15/h1-3,8,11-15H,4-7H2,(H,21,22)/t11-,12+,13-,14-,15?/m1/s1. The van der Waals surface area contributed by atoms with Crippen molar-refractivity contribution >= 4 is 46.4 Å². The van der Waals surface area contributed by atoms with E-state index < -0.39 is 4.33 Å². The van der Waals surface area contributed by atoms with Crippen LogP contribution in [-0.4, -0.2) is 10.2 Å². The van der Waals surface area contributed by atoms with Crippen molar-refractivity contribution in [3.05, 3.63) is 29.3 Å². The summed E-state index contributed by atoms with van der Waals surface area (Å²) in [5, 5.41) is 3.64. The highest BCUT2D eigenvalue weighted by molar-refractivity contribution is 6.51. The van der Waals surface area contributed by atoms with E-state index in [1.165, 1.54) is 0 Å². The Balaban J connectivity index is 1.38. The molecule has 1 aromatic carbocycles. The van der Waals surface area contributed by atoms with Crippen LogP contribution in [-0.2, 0) is 4.79 Å². The quantitative estimate of drug-likeness (QED) is 0.729. The summed E-state index contributed by atoms with van der Waals surface area (Å²) in [5.74, 6) is 2.17. The summed E-state index contributed by atoms with van der Waals surface area (Å²) in [5.41, 5.74) is 0.778. The van der Waals surface area contributed by atoms with Crippen molar-refractivity contribution in [1.82, 2.24) is 0 Å². The van der Waals surface area contributed by atoms with Crippen molar-refractivity contribution in [2.75, 3.05) is 5.32 Å². The first-order valence-electron chi connectivity index (χ1n) is 7.92. The van der Waals surface area contributed by atoms with Gasteiger partial charge in [0.25, 0.3) is 0 Å². The average molecular weight is 359 g/mol. The number of fused-ring (bicyclic) bond motifs is 2. The molecule has 4 rings (SSSR count). The van der Waals surface area contributed by atoms with Crippen LogP contribution < -0.4 is 5.32 Å². The SMILES string of the molecule is O=C(Nc1cccc(Cl)c1)C1[C@H]2CC[C@@H]3[C@@H](CC[C@@H]12)C3(Cl)Cl. The molecule has 1 unspecified atom stereocenters. The van der Waals surface area contributed by atoms with Crippen molar-refractivity contribution in [3.63, 3.8) is 0 Å². The van der Waals surface area contributed by atoms with E-state index in [0.29, 0.717) is 28.7 Å². The number of carbonyl (C=O) groups is 1. The maximum Gasteiger partial charge on any atom is 0.228 e. The van der Waals surface area contributed by atoms with Gasteiger partial charge in [0.15, 0.2) is 0 Å². The number of halogens is 3. The minimum absolute atomic E-state index is 0.135. The molecule has 22 heavy (non-hydrogen) atoms. The molecule has 3 aliphatic rings. The van der Waals surface area contributed by atoms with Crippen molar-refractivity contribution in [1.29, 1.82) is 0 Å². The molecule has 3 aliphatic carbocycles. The number of amides is 1. The summed E-state index contributed by atoms with van der Waals surface area (Å²) in [6.45, 7) is 0. The topological polar surface area (TPSA) is 29.1 Å². The number of carbonyl (C=O) groups excluding carboxylic acids is 1. The summed E-state index contributed by atoms with van der Waals surface area (Å²) in [6.07, 6.45) is 4.25. The molecule has 0 bridgehead atoms. The fourth-order valence-corrected chi connectivity index (χ4v) is 5.51. The second-order valence-electron chi connectivity index (χ2n) is 6.90. The molecule has 1 aromatic rings. The van der Waals surface area contributed by atoms with E-state index in [4.69, 9.17) is 34.8 Å². The predicted molar refractivity (Wildman–Crippen MR) is 90.4 cm³/mol. The van der Waals surface area contributed by atoms with Gasteiger partial charge in [0.1, 0.15) is 4.33 Å². The minimum atomic E-state index is -0.491. The van der Waals surface area contributed by atoms with Gasteiger partial charge < -0.3 is 5.32 Å². The van der Waals surface area contributed by atoms with Crippen LogP contribution in [0.25, 0.3) is 0 Å². The molecule has 0 aromatic heterocycles. The first kappa shape index (κ1) is 15.1. The number of anilines is 1. The first-order chi connectivity index (χ1) is 10.5. The Morgan fingerprint density at radius 3 is 2.32 bits per heavy atom. The largest absolute Gasteiger partial charge is 0.326 e. The predicted octanol–water partition coefficient (Wildman–Crippen LogP) is 5.13. The van der Waals surface area contributed by atoms with Gasteiger partial charge in [0, 0.05) is 16.6 Å². The van der Waals surface area contributed by atoms with Gasteiger partial charge in [-0.3, -0.25) is 4.79 Å². The maximum atomic E-state index is 12.5. The third kappa shape index (κ3) is 2.53. The zero-order valence-corrected chi connectivity index (χ0v) is 14.3. The molecule has 3 saturated carbocycles. The maximum absolute atomic E-state index is 12.5. The highest BCUT2D eigenvalue weighted by atomic mass is 35.5. The Kier molecular flexibility index (Phi) is 3.63. The molecule has 2 nitrogen and oxygen atoms in total. The monoisotopic (exact) mass is 357 g/mol. The molecule has 0 aliphatic heterocycles. The summed E-state index contributed by atoms with van der Waals surface area (Å²) >= 11 is 18.6. The van der Waals surface area contributed by atoms with Gasteiger partial charge in [-0.15, -0.1) is 23.2 Å². The van der Waals surface area contributed by atoms with E-state index >= 15 is 0 Å². The van der Waals surface area contributed by atoms with Gasteiger partial charge in [-0.25, -0.2) is 0 Å². The zero-order chi connectivity index (χ0) is 15.5. The number of alkyl halides is 2. The molecule has 0 saturated heterocycles. The van der Waals surface area contributed by atoms with Crippen LogP contribution in [0.15, 0.2) is 24.3 Å². The molecule has 0 spiro atoms. The summed E-state index contributed by atoms with van der Waals surface area (Å²) in [6, 6.07) is 7.31. The summed E-state index contributed by atoms with van der Waals surface area (Å²) in [7, 11) is 0. The Morgan fingerprint density at radius 1 is 1.09 bits per heavy atom. The molecule has 1 N–H and O–H groups in total. The molecular formula is C17H18Cl3NO. The van der Waals surface area contributed by atoms with Crippen LogP contribution in [0.3, 0.4) is 0 Å². The van der Waals surface area contributed by atoms with Crippen LogP contribution in [0.2, 0.25) is 5.02 Å². The van der Waals surface area contributed by atoms with Crippen molar-refractivity contribution in [3.8, 4) is 0 Å². The number of benzene rings is 1. The van der Waals surface area contributed by atoms with E-state index in [0.717, 1.165) is 31.4 Å². The molecule has 5 heteroatoms. The lowest BCUT2D eigenvalue weighted by Crippen LogP contribution is -2.15. The van der Waals surface area contributed by atoms with Crippen LogP contribution >= 0.6 is 34.8 Å². The Bertz CT molecular complexity index is 596. The van der Waals surface area contributed by atoms with Crippen LogP contribution in [0.5, 0.6) is 0 Å². The van der Waals surface area contributed by atoms with Gasteiger partial charge in [0.05, 0.1) is 0 Å². The number of nitrogens with one attached hydrogen (secondary N) is 1. The average Bonchev–Trinajstić information content (AvgIpc) is 3.23. The Labute approximate surface area is 145 Å². The van der Waals surface area contributed by atoms with Gasteiger partial charge >= 0.3 is 0 Å². The van der Waals surface area contributed by atoms with E-state index in [-0.39, 0.29) is 11.8 Å². The van der Waals surface area contributed by atoms with E-state index in [1.807, 2.05) is 12.1 Å². The summed E-state index contributed by atoms with van der Waals surface area (Å²) in [4.78, 5) is 12.5. The summed E-state index contributed by atoms with van der Waals surface area (Å²) < 4.78 is -0.491. The van der Waals surface area contributed by atoms with E-state index in [1.54, 1.807) is 12.1 Å². The second-order valence-corrected chi connectivity index (χ2v) is 8.78. The molecule has 0 radical (unpaired) electrons. The fourth-order valence-electron chi connectivity index (χ4n) is 4.40. The smallest absolute Gasteiger partial charge is 0.228 e. The number of hydrogen-bond acceptors (Lipinski definition) is 1. The molecule has 3 fully saturated rings. The second kappa shape index (κ2) is 5.29. The minimum Gasteiger partial charge on any atom is -0.326 e. The van der Waals surface area contributed by atoms with Crippen LogP contribution in [0.1, 0.15) is 25.7 Å².